The molecule has 0 aromatic carbocycles. The smallest absolute Gasteiger partial charge is 0.317 e. The Morgan fingerprint density at radius 2 is 2.20 bits per heavy atom. The summed E-state index contributed by atoms with van der Waals surface area (Å²) in [6, 6.07) is -0.131. The first-order valence-electron chi connectivity index (χ1n) is 7.48. The van der Waals surface area contributed by atoms with E-state index in [4.69, 9.17) is 5.11 Å². The first kappa shape index (κ1) is 16.8. The third-order valence-electron chi connectivity index (χ3n) is 3.79. The molecular formula is C14H27N3O3. The SMILES string of the molecule is CCCC(CNC(=O)N1CCCC(CNC)C1)C(=O)O. The fraction of sp³-hybridized carbons (Fsp3) is 0.857. The van der Waals surface area contributed by atoms with Crippen LogP contribution in [0.4, 0.5) is 4.79 Å². The van der Waals surface area contributed by atoms with E-state index in [0.29, 0.717) is 12.3 Å². The molecular weight excluding hydrogens is 258 g/mol. The van der Waals surface area contributed by atoms with E-state index in [-0.39, 0.29) is 12.6 Å². The van der Waals surface area contributed by atoms with Gasteiger partial charge in [0, 0.05) is 19.6 Å². The molecule has 6 nitrogen and oxygen atoms in total. The van der Waals surface area contributed by atoms with Gasteiger partial charge in [-0.3, -0.25) is 4.79 Å². The van der Waals surface area contributed by atoms with E-state index in [1.807, 2.05) is 14.0 Å². The van der Waals surface area contributed by atoms with Gasteiger partial charge in [-0.15, -0.1) is 0 Å². The number of hydrogen-bond acceptors (Lipinski definition) is 3. The third-order valence-corrected chi connectivity index (χ3v) is 3.79. The first-order chi connectivity index (χ1) is 9.58. The number of carbonyl (C=O) groups is 2. The van der Waals surface area contributed by atoms with Crippen LogP contribution in [0, 0.1) is 11.8 Å². The van der Waals surface area contributed by atoms with E-state index in [0.717, 1.165) is 38.9 Å². The molecule has 1 heterocycles. The zero-order valence-corrected chi connectivity index (χ0v) is 12.5. The highest BCUT2D eigenvalue weighted by atomic mass is 16.4. The molecule has 1 aliphatic rings. The minimum Gasteiger partial charge on any atom is -0.481 e. The summed E-state index contributed by atoms with van der Waals surface area (Å²) in [5, 5.41) is 15.0. The molecule has 2 unspecified atom stereocenters. The largest absolute Gasteiger partial charge is 0.481 e. The lowest BCUT2D eigenvalue weighted by Crippen LogP contribution is -2.48. The molecule has 1 rings (SSSR count). The molecule has 1 fully saturated rings. The third kappa shape index (κ3) is 5.36. The van der Waals surface area contributed by atoms with E-state index in [9.17, 15) is 9.59 Å². The fourth-order valence-electron chi connectivity index (χ4n) is 2.69. The maximum absolute atomic E-state index is 12.1. The van der Waals surface area contributed by atoms with Gasteiger partial charge in [0.05, 0.1) is 5.92 Å². The average Bonchev–Trinajstić information content (AvgIpc) is 2.43. The van der Waals surface area contributed by atoms with E-state index < -0.39 is 11.9 Å². The number of hydrogen-bond donors (Lipinski definition) is 3. The van der Waals surface area contributed by atoms with Gasteiger partial charge in [-0.05, 0) is 38.8 Å². The fourth-order valence-corrected chi connectivity index (χ4v) is 2.69. The van der Waals surface area contributed by atoms with Crippen molar-refractivity contribution in [3.63, 3.8) is 0 Å². The van der Waals surface area contributed by atoms with Gasteiger partial charge in [0.15, 0.2) is 0 Å². The molecule has 2 atom stereocenters. The number of amides is 2. The number of nitrogens with zero attached hydrogens (tertiary/aromatic N) is 1. The van der Waals surface area contributed by atoms with Crippen LogP contribution in [0.3, 0.4) is 0 Å². The molecule has 0 aromatic heterocycles. The van der Waals surface area contributed by atoms with Crippen LogP contribution in [0.2, 0.25) is 0 Å². The Morgan fingerprint density at radius 1 is 1.45 bits per heavy atom. The molecule has 0 saturated carbocycles. The van der Waals surface area contributed by atoms with Gasteiger partial charge in [0.1, 0.15) is 0 Å². The van der Waals surface area contributed by atoms with Crippen LogP contribution in [-0.4, -0.2) is 55.2 Å². The number of carboxylic acid groups (broad SMARTS) is 1. The second-order valence-corrected chi connectivity index (χ2v) is 5.52. The van der Waals surface area contributed by atoms with E-state index in [2.05, 4.69) is 10.6 Å². The van der Waals surface area contributed by atoms with Crippen molar-refractivity contribution in [2.24, 2.45) is 11.8 Å². The van der Waals surface area contributed by atoms with Gasteiger partial charge in [-0.25, -0.2) is 4.79 Å². The van der Waals surface area contributed by atoms with Crippen molar-refractivity contribution in [1.82, 2.24) is 15.5 Å². The van der Waals surface area contributed by atoms with Crippen molar-refractivity contribution < 1.29 is 14.7 Å². The van der Waals surface area contributed by atoms with Crippen LogP contribution in [0.25, 0.3) is 0 Å². The molecule has 116 valence electrons. The number of piperidine rings is 1. The summed E-state index contributed by atoms with van der Waals surface area (Å²) in [4.78, 5) is 24.9. The van der Waals surface area contributed by atoms with Crippen LogP contribution in [-0.2, 0) is 4.79 Å². The van der Waals surface area contributed by atoms with Gasteiger partial charge in [-0.2, -0.15) is 0 Å². The predicted molar refractivity (Wildman–Crippen MR) is 77.7 cm³/mol. The highest BCUT2D eigenvalue weighted by Crippen LogP contribution is 2.15. The number of likely N-dealkylation sites (tertiary alicyclic amines) is 1. The molecule has 0 aliphatic carbocycles. The average molecular weight is 285 g/mol. The number of urea groups is 1. The maximum atomic E-state index is 12.1. The summed E-state index contributed by atoms with van der Waals surface area (Å²) in [7, 11) is 1.92. The summed E-state index contributed by atoms with van der Waals surface area (Å²) < 4.78 is 0. The normalized spacial score (nSPS) is 20.5. The Labute approximate surface area is 120 Å². The summed E-state index contributed by atoms with van der Waals surface area (Å²) in [6.07, 6.45) is 3.55. The number of nitrogens with one attached hydrogen (secondary N) is 2. The second-order valence-electron chi connectivity index (χ2n) is 5.52. The van der Waals surface area contributed by atoms with Crippen molar-refractivity contribution in [3.8, 4) is 0 Å². The van der Waals surface area contributed by atoms with Gasteiger partial charge < -0.3 is 20.6 Å². The molecule has 1 aliphatic heterocycles. The van der Waals surface area contributed by atoms with Crippen molar-refractivity contribution in [3.05, 3.63) is 0 Å². The van der Waals surface area contributed by atoms with E-state index in [1.54, 1.807) is 4.90 Å². The summed E-state index contributed by atoms with van der Waals surface area (Å²) in [5.41, 5.74) is 0. The lowest BCUT2D eigenvalue weighted by molar-refractivity contribution is -0.141. The van der Waals surface area contributed by atoms with Crippen LogP contribution in [0.15, 0.2) is 0 Å². The topological polar surface area (TPSA) is 81.7 Å². The molecule has 20 heavy (non-hydrogen) atoms. The Kier molecular flexibility index (Phi) is 7.36. The van der Waals surface area contributed by atoms with Gasteiger partial charge in [-0.1, -0.05) is 13.3 Å². The number of rotatable bonds is 7. The van der Waals surface area contributed by atoms with Crippen LogP contribution >= 0.6 is 0 Å². The predicted octanol–water partition coefficient (Wildman–Crippen LogP) is 1.13. The lowest BCUT2D eigenvalue weighted by Gasteiger charge is -2.33. The maximum Gasteiger partial charge on any atom is 0.317 e. The highest BCUT2D eigenvalue weighted by Gasteiger charge is 2.24. The molecule has 0 spiro atoms. The quantitative estimate of drug-likeness (QED) is 0.655. The van der Waals surface area contributed by atoms with Gasteiger partial charge in [0.25, 0.3) is 0 Å². The zero-order chi connectivity index (χ0) is 15.0. The molecule has 3 N–H and O–H groups in total. The lowest BCUT2D eigenvalue weighted by atomic mass is 9.98. The van der Waals surface area contributed by atoms with Crippen molar-refractivity contribution in [2.45, 2.75) is 32.6 Å². The Morgan fingerprint density at radius 3 is 2.80 bits per heavy atom. The first-order valence-corrected chi connectivity index (χ1v) is 7.48. The van der Waals surface area contributed by atoms with E-state index >= 15 is 0 Å². The molecule has 0 bridgehead atoms. The van der Waals surface area contributed by atoms with Crippen molar-refractivity contribution in [2.75, 3.05) is 33.2 Å². The van der Waals surface area contributed by atoms with Crippen LogP contribution in [0.5, 0.6) is 0 Å². The molecule has 0 radical (unpaired) electrons. The van der Waals surface area contributed by atoms with Crippen LogP contribution < -0.4 is 10.6 Å². The summed E-state index contributed by atoms with van der Waals surface area (Å²) >= 11 is 0. The minimum atomic E-state index is -0.834. The Balaban J connectivity index is 2.39. The standard InChI is InChI=1S/C14H27N3O3/c1-3-5-12(13(18)19)9-16-14(20)17-7-4-6-11(10-17)8-15-2/h11-12,15H,3-10H2,1-2H3,(H,16,20)(H,18,19). The summed E-state index contributed by atoms with van der Waals surface area (Å²) in [6.45, 7) is 4.59. The van der Waals surface area contributed by atoms with Crippen molar-refractivity contribution >= 4 is 12.0 Å². The second kappa shape index (κ2) is 8.79. The van der Waals surface area contributed by atoms with Crippen LogP contribution in [0.1, 0.15) is 32.6 Å². The van der Waals surface area contributed by atoms with E-state index in [1.165, 1.54) is 0 Å². The number of carboxylic acids is 1. The minimum absolute atomic E-state index is 0.131. The highest BCUT2D eigenvalue weighted by molar-refractivity contribution is 5.76. The molecule has 0 aromatic rings. The van der Waals surface area contributed by atoms with Crippen molar-refractivity contribution in [1.29, 1.82) is 0 Å². The Bertz CT molecular complexity index is 321. The molecule has 2 amide bonds. The Hall–Kier alpha value is -1.30. The summed E-state index contributed by atoms with van der Waals surface area (Å²) in [5.74, 6) is -0.828. The van der Waals surface area contributed by atoms with Gasteiger partial charge in [0.2, 0.25) is 0 Å². The van der Waals surface area contributed by atoms with Gasteiger partial charge >= 0.3 is 12.0 Å². The number of carbonyl (C=O) groups excluding carboxylic acids is 1. The zero-order valence-electron chi connectivity index (χ0n) is 12.5. The molecule has 6 heteroatoms. The molecule has 1 saturated heterocycles. The monoisotopic (exact) mass is 285 g/mol. The number of aliphatic carboxylic acids is 1.